The Kier molecular flexibility index (Phi) is 8.91. The number of hydrogen-bond acceptors (Lipinski definition) is 10. The van der Waals surface area contributed by atoms with Gasteiger partial charge in [-0.3, -0.25) is 4.79 Å². The zero-order valence-electron chi connectivity index (χ0n) is 21.2. The first-order valence-electron chi connectivity index (χ1n) is 12.4. The number of carbonyl (C=O) groups is 1. The van der Waals surface area contributed by atoms with Crippen LogP contribution in [0.1, 0.15) is 58.6 Å². The lowest BCUT2D eigenvalue weighted by atomic mass is 9.93. The van der Waals surface area contributed by atoms with Gasteiger partial charge >= 0.3 is 0 Å². The number of ether oxygens (including phenoxy) is 2. The molecule has 3 heterocycles. The zero-order chi connectivity index (χ0) is 26.2. The summed E-state index contributed by atoms with van der Waals surface area (Å²) in [6, 6.07) is 5.46. The van der Waals surface area contributed by atoms with Crippen LogP contribution in [0, 0.1) is 6.92 Å². The average Bonchev–Trinajstić information content (AvgIpc) is 3.31. The molecule has 1 aliphatic carbocycles. The van der Waals surface area contributed by atoms with Crippen molar-refractivity contribution in [2.45, 2.75) is 64.3 Å². The van der Waals surface area contributed by atoms with Gasteiger partial charge in [0.2, 0.25) is 11.8 Å². The topological polar surface area (TPSA) is 158 Å². The number of methoxy groups -OCH3 is 1. The van der Waals surface area contributed by atoms with Crippen LogP contribution >= 0.6 is 0 Å². The maximum atomic E-state index is 12.7. The van der Waals surface area contributed by atoms with Gasteiger partial charge < -0.3 is 35.4 Å². The van der Waals surface area contributed by atoms with Crippen molar-refractivity contribution in [3.63, 3.8) is 0 Å². The number of nitrogens with two attached hydrogens (primary N) is 1. The number of amides is 1. The number of aryl methyl sites for hydroxylation is 2. The minimum Gasteiger partial charge on any atom is -0.481 e. The third-order valence-corrected chi connectivity index (χ3v) is 6.45. The number of carbonyl (C=O) groups excluding carboxylic acids is 1. The van der Waals surface area contributed by atoms with Gasteiger partial charge in [0.1, 0.15) is 12.4 Å². The number of hydrogen-bond donors (Lipinski definition) is 4. The standard InChI is InChI=1S/C26H34N6O5/c1-16-22(37-15-30-16)14-36-24-10-19(11-27)17(12-28-24)6-7-21(33)13-29-26(34)18-8-23(31-20-4-3-5-20)32-25(9-18)35-2/h8-10,12,15,20-21,33H,3-7,11,13-14,27H2,1-2H3,(H,29,34)(H,31,32)/t21-/m0/s1. The van der Waals surface area contributed by atoms with Crippen molar-refractivity contribution in [2.24, 2.45) is 5.73 Å². The summed E-state index contributed by atoms with van der Waals surface area (Å²) in [4.78, 5) is 25.5. The number of anilines is 1. The summed E-state index contributed by atoms with van der Waals surface area (Å²) >= 11 is 0. The van der Waals surface area contributed by atoms with Gasteiger partial charge in [-0.15, -0.1) is 0 Å². The number of aliphatic hydroxyl groups excluding tert-OH is 1. The third-order valence-electron chi connectivity index (χ3n) is 6.45. The molecule has 0 bridgehead atoms. The highest BCUT2D eigenvalue weighted by molar-refractivity contribution is 5.95. The predicted octanol–water partition coefficient (Wildman–Crippen LogP) is 2.51. The molecule has 0 radical (unpaired) electrons. The van der Waals surface area contributed by atoms with Crippen molar-refractivity contribution < 1.29 is 23.8 Å². The summed E-state index contributed by atoms with van der Waals surface area (Å²) in [5.41, 5.74) is 8.92. The van der Waals surface area contributed by atoms with Crippen molar-refractivity contribution in [1.29, 1.82) is 0 Å². The molecular formula is C26H34N6O5. The lowest BCUT2D eigenvalue weighted by Crippen LogP contribution is -2.32. The average molecular weight is 511 g/mol. The van der Waals surface area contributed by atoms with Gasteiger partial charge in [0.05, 0.1) is 18.9 Å². The van der Waals surface area contributed by atoms with Crippen LogP contribution in [0.2, 0.25) is 0 Å². The molecule has 11 heteroatoms. The first kappa shape index (κ1) is 26.4. The molecule has 1 saturated carbocycles. The smallest absolute Gasteiger partial charge is 0.251 e. The molecule has 3 aromatic rings. The number of oxazole rings is 1. The Hall–Kier alpha value is -3.70. The molecule has 0 aliphatic heterocycles. The fourth-order valence-corrected chi connectivity index (χ4v) is 3.92. The molecule has 4 rings (SSSR count). The second kappa shape index (κ2) is 12.5. The van der Waals surface area contributed by atoms with Crippen molar-refractivity contribution in [3.05, 3.63) is 58.9 Å². The van der Waals surface area contributed by atoms with E-state index in [9.17, 15) is 9.90 Å². The molecule has 198 valence electrons. The molecule has 0 unspecified atom stereocenters. The molecule has 0 aromatic carbocycles. The van der Waals surface area contributed by atoms with E-state index in [1.807, 2.05) is 6.92 Å². The van der Waals surface area contributed by atoms with Crippen LogP contribution < -0.4 is 25.8 Å². The lowest BCUT2D eigenvalue weighted by Gasteiger charge is -2.27. The van der Waals surface area contributed by atoms with E-state index in [0.717, 1.165) is 29.7 Å². The number of aliphatic hydroxyl groups is 1. The molecule has 1 fully saturated rings. The highest BCUT2D eigenvalue weighted by atomic mass is 16.5. The highest BCUT2D eigenvalue weighted by Crippen LogP contribution is 2.24. The first-order valence-corrected chi connectivity index (χ1v) is 12.4. The minimum absolute atomic E-state index is 0.109. The summed E-state index contributed by atoms with van der Waals surface area (Å²) in [5, 5.41) is 16.6. The highest BCUT2D eigenvalue weighted by Gasteiger charge is 2.19. The Morgan fingerprint density at radius 1 is 1.24 bits per heavy atom. The summed E-state index contributed by atoms with van der Waals surface area (Å²) in [6.07, 6.45) is 6.70. The van der Waals surface area contributed by atoms with Gasteiger partial charge in [0.15, 0.2) is 12.2 Å². The second-order valence-corrected chi connectivity index (χ2v) is 9.10. The largest absolute Gasteiger partial charge is 0.481 e. The van der Waals surface area contributed by atoms with Gasteiger partial charge in [-0.05, 0) is 56.2 Å². The molecular weight excluding hydrogens is 476 g/mol. The predicted molar refractivity (Wildman–Crippen MR) is 136 cm³/mol. The van der Waals surface area contributed by atoms with Gasteiger partial charge in [0.25, 0.3) is 5.91 Å². The Bertz CT molecular complexity index is 1200. The molecule has 1 aliphatic rings. The molecule has 0 spiro atoms. The first-order chi connectivity index (χ1) is 17.9. The van der Waals surface area contributed by atoms with Crippen LogP contribution in [0.3, 0.4) is 0 Å². The maximum absolute atomic E-state index is 12.7. The van der Waals surface area contributed by atoms with E-state index in [4.69, 9.17) is 19.6 Å². The summed E-state index contributed by atoms with van der Waals surface area (Å²) in [5.74, 6) is 1.75. The quantitative estimate of drug-likeness (QED) is 0.269. The normalized spacial score (nSPS) is 14.1. The van der Waals surface area contributed by atoms with Crippen LogP contribution in [-0.2, 0) is 19.6 Å². The zero-order valence-corrected chi connectivity index (χ0v) is 21.2. The van der Waals surface area contributed by atoms with Crippen LogP contribution in [0.5, 0.6) is 11.8 Å². The Labute approximate surface area is 215 Å². The molecule has 37 heavy (non-hydrogen) atoms. The van der Waals surface area contributed by atoms with Crippen molar-refractivity contribution in [1.82, 2.24) is 20.3 Å². The van der Waals surface area contributed by atoms with Gasteiger partial charge in [-0.25, -0.2) is 9.97 Å². The summed E-state index contributed by atoms with van der Waals surface area (Å²) in [6.45, 7) is 2.49. The lowest BCUT2D eigenvalue weighted by molar-refractivity contribution is 0.0910. The Balaban J connectivity index is 1.27. The number of rotatable bonds is 13. The summed E-state index contributed by atoms with van der Waals surface area (Å²) < 4.78 is 16.2. The van der Waals surface area contributed by atoms with Crippen LogP contribution in [0.4, 0.5) is 5.82 Å². The number of aromatic nitrogens is 3. The molecule has 3 aromatic heterocycles. The van der Waals surface area contributed by atoms with E-state index < -0.39 is 6.10 Å². The van der Waals surface area contributed by atoms with Crippen LogP contribution in [0.15, 0.2) is 35.2 Å². The monoisotopic (exact) mass is 510 g/mol. The van der Waals surface area contributed by atoms with E-state index in [0.29, 0.717) is 54.3 Å². The Morgan fingerprint density at radius 3 is 2.76 bits per heavy atom. The fraction of sp³-hybridized carbons (Fsp3) is 0.462. The molecule has 5 N–H and O–H groups in total. The van der Waals surface area contributed by atoms with Crippen molar-refractivity contribution in [3.8, 4) is 11.8 Å². The van der Waals surface area contributed by atoms with E-state index in [2.05, 4.69) is 25.6 Å². The molecule has 1 atom stereocenters. The molecule has 11 nitrogen and oxygen atoms in total. The van der Waals surface area contributed by atoms with Gasteiger partial charge in [-0.2, -0.15) is 4.98 Å². The number of nitrogens with one attached hydrogen (secondary N) is 2. The van der Waals surface area contributed by atoms with Crippen LogP contribution in [-0.4, -0.2) is 51.8 Å². The van der Waals surface area contributed by atoms with Crippen LogP contribution in [0.25, 0.3) is 0 Å². The van der Waals surface area contributed by atoms with Gasteiger partial charge in [0, 0.05) is 43.0 Å². The van der Waals surface area contributed by atoms with Crippen molar-refractivity contribution in [2.75, 3.05) is 19.0 Å². The Morgan fingerprint density at radius 2 is 2.08 bits per heavy atom. The van der Waals surface area contributed by atoms with E-state index in [1.165, 1.54) is 19.9 Å². The maximum Gasteiger partial charge on any atom is 0.251 e. The SMILES string of the molecule is COc1cc(C(=O)NC[C@@H](O)CCc2cnc(OCc3ocnc3C)cc2CN)cc(NC2CCC2)n1. The number of nitrogens with zero attached hydrogens (tertiary/aromatic N) is 3. The van der Waals surface area contributed by atoms with E-state index >= 15 is 0 Å². The van der Waals surface area contributed by atoms with Crippen molar-refractivity contribution >= 4 is 11.7 Å². The molecule has 1 amide bonds. The summed E-state index contributed by atoms with van der Waals surface area (Å²) in [7, 11) is 1.52. The van der Waals surface area contributed by atoms with E-state index in [1.54, 1.807) is 24.4 Å². The van der Waals surface area contributed by atoms with Gasteiger partial charge in [-0.1, -0.05) is 0 Å². The van der Waals surface area contributed by atoms with E-state index in [-0.39, 0.29) is 19.1 Å². The third kappa shape index (κ3) is 7.17. The second-order valence-electron chi connectivity index (χ2n) is 9.10. The molecule has 0 saturated heterocycles. The minimum atomic E-state index is -0.740. The fourth-order valence-electron chi connectivity index (χ4n) is 3.92. The number of pyridine rings is 2.